The minimum Gasteiger partial charge on any atom is -0.477 e. The smallest absolute Gasteiger partial charge is 0.281 e. The van der Waals surface area contributed by atoms with Gasteiger partial charge in [-0.3, -0.25) is 4.79 Å². The van der Waals surface area contributed by atoms with E-state index in [1.54, 1.807) is 35.1 Å². The van der Waals surface area contributed by atoms with Crippen LogP contribution in [0.3, 0.4) is 0 Å². The number of amides is 1. The van der Waals surface area contributed by atoms with E-state index in [2.05, 4.69) is 66.6 Å². The maximum absolute atomic E-state index is 13.6. The van der Waals surface area contributed by atoms with Crippen LogP contribution in [0.2, 0.25) is 0 Å². The molecular weight excluding hydrogens is 578 g/mol. The van der Waals surface area contributed by atoms with Crippen molar-refractivity contribution in [1.82, 2.24) is 24.5 Å². The highest BCUT2D eigenvalue weighted by molar-refractivity contribution is 7.90. The Balaban J connectivity index is 1.30. The Labute approximate surface area is 259 Å². The average Bonchev–Trinajstić information content (AvgIpc) is 3.36. The first-order valence-corrected chi connectivity index (χ1v) is 16.9. The van der Waals surface area contributed by atoms with Gasteiger partial charge < -0.3 is 15.0 Å². The number of fused-ring (bicyclic) bond motifs is 6. The Morgan fingerprint density at radius 1 is 1.02 bits per heavy atom. The summed E-state index contributed by atoms with van der Waals surface area (Å²) in [4.78, 5) is 24.9. The molecular formula is C32H43N7O4S. The molecule has 3 aromatic rings. The lowest BCUT2D eigenvalue weighted by Crippen LogP contribution is -2.41. The molecule has 6 rings (SSSR count). The maximum atomic E-state index is 13.6. The van der Waals surface area contributed by atoms with Crippen molar-refractivity contribution >= 4 is 27.6 Å². The highest BCUT2D eigenvalue weighted by Gasteiger charge is 2.63. The summed E-state index contributed by atoms with van der Waals surface area (Å²) in [5, 5.41) is 7.61. The van der Waals surface area contributed by atoms with Gasteiger partial charge in [0.1, 0.15) is 11.6 Å². The van der Waals surface area contributed by atoms with Crippen LogP contribution in [0.15, 0.2) is 47.6 Å². The van der Waals surface area contributed by atoms with Gasteiger partial charge in [0.25, 0.3) is 15.9 Å². The van der Waals surface area contributed by atoms with E-state index < -0.39 is 15.9 Å². The van der Waals surface area contributed by atoms with Crippen molar-refractivity contribution in [2.24, 2.45) is 22.7 Å². The molecule has 12 heteroatoms. The zero-order chi connectivity index (χ0) is 31.5. The third kappa shape index (κ3) is 5.52. The molecule has 11 nitrogen and oxygen atoms in total. The first-order chi connectivity index (χ1) is 20.7. The lowest BCUT2D eigenvalue weighted by Gasteiger charge is -2.34. The van der Waals surface area contributed by atoms with Crippen LogP contribution < -0.4 is 19.7 Å². The standard InChI is InChI=1S/C32H43N7O4S/c1-30(2)19-21-9-8-16-33-24-10-7-11-27(34-24)44(41,42)37-29(40)22-12-13-25(35-28(22)38(30)20-21)39-17-14-26(36-39)43-18-15-23-31(3,4)32(23,5)6/h7,10-14,17,21,23H,8-9,15-16,18-20H2,1-6H3,(H,33,34)(H,37,40)/t21-/m0/s1. The number of hydrogen-bond donors (Lipinski definition) is 2. The first kappa shape index (κ1) is 30.4. The summed E-state index contributed by atoms with van der Waals surface area (Å²) in [5.41, 5.74) is 0.482. The molecule has 5 heterocycles. The quantitative estimate of drug-likeness (QED) is 0.402. The van der Waals surface area contributed by atoms with Gasteiger partial charge in [0.15, 0.2) is 10.8 Å². The Bertz CT molecular complexity index is 1670. The summed E-state index contributed by atoms with van der Waals surface area (Å²) in [6, 6.07) is 9.81. The van der Waals surface area contributed by atoms with Gasteiger partial charge in [0.2, 0.25) is 5.88 Å². The summed E-state index contributed by atoms with van der Waals surface area (Å²) < 4.78 is 36.3. The molecule has 0 aromatic carbocycles. The minimum atomic E-state index is -4.23. The van der Waals surface area contributed by atoms with Gasteiger partial charge in [-0.25, -0.2) is 19.4 Å². The molecule has 0 radical (unpaired) electrons. The Kier molecular flexibility index (Phi) is 7.41. The molecule has 1 saturated carbocycles. The van der Waals surface area contributed by atoms with Crippen LogP contribution in [0, 0.1) is 22.7 Å². The lowest BCUT2D eigenvalue weighted by atomic mass is 9.93. The zero-order valence-corrected chi connectivity index (χ0v) is 27.2. The molecule has 1 amide bonds. The number of carbonyl (C=O) groups is 1. The minimum absolute atomic E-state index is 0.175. The molecule has 0 unspecified atom stereocenters. The number of nitrogens with one attached hydrogen (secondary N) is 2. The molecule has 1 saturated heterocycles. The van der Waals surface area contributed by atoms with Crippen molar-refractivity contribution < 1.29 is 17.9 Å². The molecule has 2 aliphatic heterocycles. The number of hydrogen-bond acceptors (Lipinski definition) is 9. The van der Waals surface area contributed by atoms with E-state index in [1.165, 1.54) is 6.07 Å². The Morgan fingerprint density at radius 2 is 1.80 bits per heavy atom. The van der Waals surface area contributed by atoms with Gasteiger partial charge in [-0.15, -0.1) is 5.10 Å². The summed E-state index contributed by atoms with van der Waals surface area (Å²) in [7, 11) is -4.23. The van der Waals surface area contributed by atoms with E-state index in [0.29, 0.717) is 65.7 Å². The van der Waals surface area contributed by atoms with Crippen molar-refractivity contribution in [3.8, 4) is 11.7 Å². The topological polar surface area (TPSA) is 131 Å². The van der Waals surface area contributed by atoms with E-state index in [4.69, 9.17) is 9.72 Å². The monoisotopic (exact) mass is 621 g/mol. The SMILES string of the molecule is CC1(C)C[C@@H]2CCCNc3cccc(n3)S(=O)(=O)NC(=O)c3ccc(-n4ccc(OCCC5C(C)(C)C5(C)C)n4)nc3N1C2. The fourth-order valence-electron chi connectivity index (χ4n) is 7.25. The second kappa shape index (κ2) is 10.7. The molecule has 3 aromatic heterocycles. The number of anilines is 2. The van der Waals surface area contributed by atoms with Crippen LogP contribution >= 0.6 is 0 Å². The molecule has 1 aliphatic carbocycles. The van der Waals surface area contributed by atoms with Gasteiger partial charge in [-0.1, -0.05) is 33.8 Å². The molecule has 0 spiro atoms. The van der Waals surface area contributed by atoms with Crippen LogP contribution in [-0.2, 0) is 10.0 Å². The summed E-state index contributed by atoms with van der Waals surface area (Å²) in [6.45, 7) is 15.4. The second-order valence-corrected chi connectivity index (χ2v) is 15.8. The predicted octanol–water partition coefficient (Wildman–Crippen LogP) is 5.04. The maximum Gasteiger partial charge on any atom is 0.281 e. The third-order valence-corrected chi connectivity index (χ3v) is 11.6. The van der Waals surface area contributed by atoms with Crippen LogP contribution in [-0.4, -0.2) is 59.3 Å². The van der Waals surface area contributed by atoms with E-state index >= 15 is 0 Å². The van der Waals surface area contributed by atoms with Crippen molar-refractivity contribution in [1.29, 1.82) is 0 Å². The van der Waals surface area contributed by atoms with Crippen molar-refractivity contribution in [3.63, 3.8) is 0 Å². The second-order valence-electron chi connectivity index (χ2n) is 14.1. The normalized spacial score (nSPS) is 23.5. The van der Waals surface area contributed by atoms with Crippen LogP contribution in [0.25, 0.3) is 5.82 Å². The Hall–Kier alpha value is -3.67. The summed E-state index contributed by atoms with van der Waals surface area (Å²) in [6.07, 6.45) is 5.54. The van der Waals surface area contributed by atoms with Crippen molar-refractivity contribution in [3.05, 3.63) is 48.2 Å². The zero-order valence-electron chi connectivity index (χ0n) is 26.4. The first-order valence-electron chi connectivity index (χ1n) is 15.4. The fraction of sp³-hybridized carbons (Fsp3) is 0.562. The van der Waals surface area contributed by atoms with E-state index in [0.717, 1.165) is 25.7 Å². The predicted molar refractivity (Wildman–Crippen MR) is 169 cm³/mol. The molecule has 2 N–H and O–H groups in total. The van der Waals surface area contributed by atoms with Crippen molar-refractivity contribution in [2.45, 2.75) is 77.8 Å². The van der Waals surface area contributed by atoms with Crippen LogP contribution in [0.1, 0.15) is 77.6 Å². The highest BCUT2D eigenvalue weighted by atomic mass is 32.2. The number of carbonyl (C=O) groups excluding carboxylic acids is 1. The lowest BCUT2D eigenvalue weighted by molar-refractivity contribution is 0.0981. The number of rotatable bonds is 5. The van der Waals surface area contributed by atoms with Crippen LogP contribution in [0.5, 0.6) is 5.88 Å². The van der Waals surface area contributed by atoms with Gasteiger partial charge in [-0.05, 0) is 86.5 Å². The molecule has 3 aliphatic rings. The van der Waals surface area contributed by atoms with E-state index in [-0.39, 0.29) is 16.1 Å². The molecule has 4 bridgehead atoms. The molecule has 1 atom stereocenters. The number of pyridine rings is 2. The number of sulfonamides is 1. The number of aromatic nitrogens is 4. The van der Waals surface area contributed by atoms with Crippen LogP contribution in [0.4, 0.5) is 11.6 Å². The highest BCUT2D eigenvalue weighted by Crippen LogP contribution is 2.69. The molecule has 2 fully saturated rings. The summed E-state index contributed by atoms with van der Waals surface area (Å²) in [5.74, 6) is 2.12. The van der Waals surface area contributed by atoms with Gasteiger partial charge >= 0.3 is 0 Å². The Morgan fingerprint density at radius 3 is 2.55 bits per heavy atom. The number of ether oxygens (including phenoxy) is 1. The van der Waals surface area contributed by atoms with Gasteiger partial charge in [0.05, 0.1) is 12.2 Å². The van der Waals surface area contributed by atoms with E-state index in [1.807, 2.05) is 6.07 Å². The largest absolute Gasteiger partial charge is 0.477 e. The summed E-state index contributed by atoms with van der Waals surface area (Å²) >= 11 is 0. The molecule has 44 heavy (non-hydrogen) atoms. The average molecular weight is 622 g/mol. The third-order valence-electron chi connectivity index (χ3n) is 10.4. The molecule has 236 valence electrons. The number of nitrogens with zero attached hydrogens (tertiary/aromatic N) is 5. The fourth-order valence-corrected chi connectivity index (χ4v) is 8.18. The van der Waals surface area contributed by atoms with Crippen molar-refractivity contribution in [2.75, 3.05) is 29.9 Å². The van der Waals surface area contributed by atoms with Gasteiger partial charge in [0, 0.05) is 30.9 Å². The van der Waals surface area contributed by atoms with Gasteiger partial charge in [-0.2, -0.15) is 8.42 Å². The van der Waals surface area contributed by atoms with E-state index in [9.17, 15) is 13.2 Å².